The van der Waals surface area contributed by atoms with Crippen LogP contribution in [0.4, 0.5) is 5.69 Å². The molecule has 2 saturated heterocycles. The monoisotopic (exact) mass is 422 g/mol. The molecule has 0 N–H and O–H groups in total. The van der Waals surface area contributed by atoms with Crippen LogP contribution in [0, 0.1) is 5.92 Å². The number of carbonyl (C=O) groups is 2. The van der Waals surface area contributed by atoms with Crippen molar-refractivity contribution in [2.75, 3.05) is 38.8 Å². The highest BCUT2D eigenvalue weighted by Crippen LogP contribution is 2.32. The van der Waals surface area contributed by atoms with Gasteiger partial charge >= 0.3 is 0 Å². The van der Waals surface area contributed by atoms with Crippen molar-refractivity contribution in [2.24, 2.45) is 5.92 Å². The molecule has 0 radical (unpaired) electrons. The lowest BCUT2D eigenvalue weighted by molar-refractivity contribution is -0.135. The van der Waals surface area contributed by atoms with Gasteiger partial charge < -0.3 is 19.3 Å². The van der Waals surface area contributed by atoms with Gasteiger partial charge in [-0.05, 0) is 42.7 Å². The van der Waals surface area contributed by atoms with Crippen LogP contribution in [-0.2, 0) is 9.59 Å². The molecule has 164 valence electrons. The Hall–Kier alpha value is -3.02. The van der Waals surface area contributed by atoms with E-state index in [1.54, 1.807) is 19.1 Å². The quantitative estimate of drug-likeness (QED) is 0.734. The van der Waals surface area contributed by atoms with Crippen LogP contribution in [-0.4, -0.2) is 50.6 Å². The summed E-state index contributed by atoms with van der Waals surface area (Å²) in [6.07, 6.45) is 3.42. The summed E-state index contributed by atoms with van der Waals surface area (Å²) in [5, 5.41) is 0. The molecule has 2 fully saturated rings. The van der Waals surface area contributed by atoms with Gasteiger partial charge in [-0.1, -0.05) is 24.6 Å². The molecule has 2 atom stereocenters. The van der Waals surface area contributed by atoms with Crippen LogP contribution in [0.25, 0.3) is 0 Å². The van der Waals surface area contributed by atoms with Crippen molar-refractivity contribution in [3.8, 4) is 11.5 Å². The first-order chi connectivity index (χ1) is 15.1. The lowest BCUT2D eigenvalue weighted by Crippen LogP contribution is -2.39. The van der Waals surface area contributed by atoms with E-state index in [0.29, 0.717) is 24.8 Å². The van der Waals surface area contributed by atoms with Gasteiger partial charge in [0, 0.05) is 43.7 Å². The summed E-state index contributed by atoms with van der Waals surface area (Å²) < 4.78 is 10.6. The van der Waals surface area contributed by atoms with Crippen LogP contribution in [0.5, 0.6) is 11.5 Å². The third-order valence-corrected chi connectivity index (χ3v) is 6.41. The maximum atomic E-state index is 13.4. The Morgan fingerprint density at radius 3 is 2.48 bits per heavy atom. The van der Waals surface area contributed by atoms with E-state index < -0.39 is 0 Å². The normalized spacial score (nSPS) is 21.7. The number of amides is 2. The van der Waals surface area contributed by atoms with Crippen LogP contribution in [0.1, 0.15) is 37.2 Å². The molecule has 2 aliphatic rings. The number of methoxy groups -OCH3 is 2. The first kappa shape index (κ1) is 21.2. The summed E-state index contributed by atoms with van der Waals surface area (Å²) in [4.78, 5) is 29.8. The molecule has 0 aromatic heterocycles. The van der Waals surface area contributed by atoms with E-state index in [2.05, 4.69) is 12.1 Å². The van der Waals surface area contributed by atoms with Crippen molar-refractivity contribution >= 4 is 17.5 Å². The van der Waals surface area contributed by atoms with Gasteiger partial charge in [0.15, 0.2) is 0 Å². The molecule has 6 nitrogen and oxygen atoms in total. The van der Waals surface area contributed by atoms with Crippen LogP contribution < -0.4 is 14.4 Å². The predicted molar refractivity (Wildman–Crippen MR) is 120 cm³/mol. The minimum Gasteiger partial charge on any atom is -0.497 e. The number of hydrogen-bond donors (Lipinski definition) is 0. The minimum absolute atomic E-state index is 0.00636. The maximum absolute atomic E-state index is 13.4. The summed E-state index contributed by atoms with van der Waals surface area (Å²) in [6, 6.07) is 15.6. The van der Waals surface area contributed by atoms with E-state index in [1.165, 1.54) is 5.56 Å². The Labute approximate surface area is 183 Å². The molecule has 2 aromatic rings. The largest absolute Gasteiger partial charge is 0.497 e. The molecular weight excluding hydrogens is 392 g/mol. The molecule has 0 aliphatic carbocycles. The number of rotatable bonds is 5. The van der Waals surface area contributed by atoms with Gasteiger partial charge in [0.2, 0.25) is 11.8 Å². The summed E-state index contributed by atoms with van der Waals surface area (Å²) in [7, 11) is 3.27. The summed E-state index contributed by atoms with van der Waals surface area (Å²) in [5.74, 6) is 1.65. The lowest BCUT2D eigenvalue weighted by Gasteiger charge is -2.27. The first-order valence-electron chi connectivity index (χ1n) is 11.0. The fourth-order valence-corrected chi connectivity index (χ4v) is 4.65. The van der Waals surface area contributed by atoms with Gasteiger partial charge in [0.05, 0.1) is 20.1 Å². The Bertz CT molecular complexity index is 927. The summed E-state index contributed by atoms with van der Waals surface area (Å²) in [6.45, 7) is 1.89. The molecule has 2 aromatic carbocycles. The number of benzene rings is 2. The van der Waals surface area contributed by atoms with Crippen molar-refractivity contribution in [1.29, 1.82) is 0 Å². The third kappa shape index (κ3) is 4.68. The van der Waals surface area contributed by atoms with E-state index in [9.17, 15) is 9.59 Å². The average Bonchev–Trinajstić information content (AvgIpc) is 3.04. The van der Waals surface area contributed by atoms with Crippen molar-refractivity contribution in [2.45, 2.75) is 31.6 Å². The molecule has 0 spiro atoms. The Balaban J connectivity index is 1.45. The molecule has 4 rings (SSSR count). The van der Waals surface area contributed by atoms with Crippen molar-refractivity contribution in [1.82, 2.24) is 4.90 Å². The van der Waals surface area contributed by atoms with Gasteiger partial charge in [-0.15, -0.1) is 0 Å². The molecule has 2 unspecified atom stereocenters. The average molecular weight is 423 g/mol. The molecule has 2 amide bonds. The number of carbonyl (C=O) groups excluding carboxylic acids is 2. The third-order valence-electron chi connectivity index (χ3n) is 6.41. The van der Waals surface area contributed by atoms with Gasteiger partial charge in [0.1, 0.15) is 11.5 Å². The Morgan fingerprint density at radius 1 is 0.968 bits per heavy atom. The lowest BCUT2D eigenvalue weighted by atomic mass is 9.94. The van der Waals surface area contributed by atoms with E-state index in [1.807, 2.05) is 41.3 Å². The van der Waals surface area contributed by atoms with Gasteiger partial charge in [-0.3, -0.25) is 9.59 Å². The van der Waals surface area contributed by atoms with Gasteiger partial charge in [0.25, 0.3) is 0 Å². The zero-order valence-corrected chi connectivity index (χ0v) is 18.3. The molecule has 0 bridgehead atoms. The highest BCUT2D eigenvalue weighted by atomic mass is 16.5. The molecule has 6 heteroatoms. The van der Waals surface area contributed by atoms with E-state index in [4.69, 9.17) is 9.47 Å². The first-order valence-corrected chi connectivity index (χ1v) is 11.0. The number of nitrogens with zero attached hydrogens (tertiary/aromatic N) is 2. The standard InChI is InChI=1S/C25H30N2O4/c1-30-22-11-9-18(10-12-22)19-6-3-4-13-26(16-19)25(29)20-14-24(28)27(17-20)21-7-5-8-23(15-21)31-2/h5,7-12,15,19-20H,3-4,6,13-14,16-17H2,1-2H3. The van der Waals surface area contributed by atoms with E-state index in [0.717, 1.165) is 37.2 Å². The topological polar surface area (TPSA) is 59.1 Å². The zero-order valence-electron chi connectivity index (χ0n) is 18.3. The Kier molecular flexibility index (Phi) is 6.44. The number of anilines is 1. The fraction of sp³-hybridized carbons (Fsp3) is 0.440. The SMILES string of the molecule is COc1ccc(C2CCCCN(C(=O)C3CC(=O)N(c4cccc(OC)c4)C3)C2)cc1. The molecule has 2 aliphatic heterocycles. The highest BCUT2D eigenvalue weighted by molar-refractivity contribution is 6.00. The van der Waals surface area contributed by atoms with Crippen molar-refractivity contribution < 1.29 is 19.1 Å². The number of likely N-dealkylation sites (tertiary alicyclic amines) is 1. The second kappa shape index (κ2) is 9.41. The van der Waals surface area contributed by atoms with Crippen molar-refractivity contribution in [3.63, 3.8) is 0 Å². The summed E-state index contributed by atoms with van der Waals surface area (Å²) >= 11 is 0. The summed E-state index contributed by atoms with van der Waals surface area (Å²) in [5.41, 5.74) is 2.02. The zero-order chi connectivity index (χ0) is 21.8. The second-order valence-electron chi connectivity index (χ2n) is 8.36. The highest BCUT2D eigenvalue weighted by Gasteiger charge is 2.38. The minimum atomic E-state index is -0.298. The van der Waals surface area contributed by atoms with Crippen LogP contribution in [0.2, 0.25) is 0 Å². The van der Waals surface area contributed by atoms with Crippen LogP contribution in [0.15, 0.2) is 48.5 Å². The predicted octanol–water partition coefficient (Wildman–Crippen LogP) is 3.85. The van der Waals surface area contributed by atoms with Crippen LogP contribution in [0.3, 0.4) is 0 Å². The Morgan fingerprint density at radius 2 is 1.74 bits per heavy atom. The van der Waals surface area contributed by atoms with E-state index in [-0.39, 0.29) is 24.2 Å². The second-order valence-corrected chi connectivity index (χ2v) is 8.36. The molecule has 31 heavy (non-hydrogen) atoms. The van der Waals surface area contributed by atoms with E-state index >= 15 is 0 Å². The van der Waals surface area contributed by atoms with Gasteiger partial charge in [-0.25, -0.2) is 0 Å². The molecular formula is C25H30N2O4. The smallest absolute Gasteiger partial charge is 0.228 e. The van der Waals surface area contributed by atoms with Gasteiger partial charge in [-0.2, -0.15) is 0 Å². The molecule has 0 saturated carbocycles. The van der Waals surface area contributed by atoms with Crippen LogP contribution >= 0.6 is 0 Å². The number of hydrogen-bond acceptors (Lipinski definition) is 4. The maximum Gasteiger partial charge on any atom is 0.228 e. The van der Waals surface area contributed by atoms with Crippen molar-refractivity contribution in [3.05, 3.63) is 54.1 Å². The fourth-order valence-electron chi connectivity index (χ4n) is 4.65. The number of ether oxygens (including phenoxy) is 2. The molecule has 2 heterocycles.